The zero-order chi connectivity index (χ0) is 19.7. The number of benzene rings is 1. The predicted octanol–water partition coefficient (Wildman–Crippen LogP) is 3.79. The van der Waals surface area contributed by atoms with Gasteiger partial charge in [-0.3, -0.25) is 14.0 Å². The van der Waals surface area contributed by atoms with Crippen LogP contribution in [0.3, 0.4) is 0 Å². The lowest BCUT2D eigenvalue weighted by molar-refractivity contribution is 0.101. The van der Waals surface area contributed by atoms with Crippen molar-refractivity contribution in [3.63, 3.8) is 0 Å². The molecule has 0 atom stereocenters. The average molecular weight is 396 g/mol. The van der Waals surface area contributed by atoms with Crippen LogP contribution in [0.5, 0.6) is 0 Å². The van der Waals surface area contributed by atoms with Crippen molar-refractivity contribution in [2.24, 2.45) is 0 Å². The fraction of sp³-hybridized carbons (Fsp3) is 0.0526. The van der Waals surface area contributed by atoms with Gasteiger partial charge in [0.05, 0.1) is 5.52 Å². The second kappa shape index (κ2) is 7.16. The number of rotatable bonds is 4. The average Bonchev–Trinajstić information content (AvgIpc) is 3.27. The number of hydrogen-bond donors (Lipinski definition) is 2. The smallest absolute Gasteiger partial charge is 0.292 e. The third-order valence-corrected chi connectivity index (χ3v) is 4.19. The van der Waals surface area contributed by atoms with Gasteiger partial charge in [0, 0.05) is 23.0 Å². The molecule has 0 unspecified atom stereocenters. The molecule has 3 heterocycles. The van der Waals surface area contributed by atoms with Crippen LogP contribution in [0, 0.1) is 6.92 Å². The minimum Gasteiger partial charge on any atom is -0.360 e. The number of nitrogens with one attached hydrogen (secondary N) is 2. The van der Waals surface area contributed by atoms with Crippen molar-refractivity contribution in [1.29, 1.82) is 0 Å². The number of hydrogen-bond acceptors (Lipinski definition) is 5. The summed E-state index contributed by atoms with van der Waals surface area (Å²) in [6.07, 6.45) is 1.66. The maximum Gasteiger partial charge on any atom is 0.292 e. The maximum atomic E-state index is 12.7. The van der Waals surface area contributed by atoms with Gasteiger partial charge in [-0.1, -0.05) is 22.8 Å². The molecule has 4 aromatic rings. The topological polar surface area (TPSA) is 102 Å². The second-order valence-electron chi connectivity index (χ2n) is 5.98. The number of amides is 2. The third-order valence-electron chi connectivity index (χ3n) is 3.94. The largest absolute Gasteiger partial charge is 0.360 e. The van der Waals surface area contributed by atoms with E-state index in [1.54, 1.807) is 66.1 Å². The Balaban J connectivity index is 1.66. The first-order chi connectivity index (χ1) is 13.5. The van der Waals surface area contributed by atoms with Crippen LogP contribution < -0.4 is 10.6 Å². The van der Waals surface area contributed by atoms with E-state index in [2.05, 4.69) is 20.8 Å². The molecular formula is C19H14ClN5O3. The van der Waals surface area contributed by atoms with Gasteiger partial charge in [-0.15, -0.1) is 0 Å². The lowest BCUT2D eigenvalue weighted by Crippen LogP contribution is -2.16. The van der Waals surface area contributed by atoms with E-state index >= 15 is 0 Å². The number of pyridine rings is 1. The van der Waals surface area contributed by atoms with Gasteiger partial charge in [-0.05, 0) is 43.3 Å². The van der Waals surface area contributed by atoms with E-state index in [9.17, 15) is 9.59 Å². The molecule has 8 nitrogen and oxygen atoms in total. The number of aryl methyl sites for hydroxylation is 1. The molecule has 0 radical (unpaired) electrons. The van der Waals surface area contributed by atoms with Crippen molar-refractivity contribution in [2.75, 3.05) is 10.6 Å². The van der Waals surface area contributed by atoms with Crippen molar-refractivity contribution in [1.82, 2.24) is 14.5 Å². The van der Waals surface area contributed by atoms with Crippen molar-refractivity contribution in [3.05, 3.63) is 77.0 Å². The van der Waals surface area contributed by atoms with E-state index in [1.165, 1.54) is 0 Å². The molecule has 0 aliphatic carbocycles. The first-order valence-corrected chi connectivity index (χ1v) is 8.68. The third kappa shape index (κ3) is 3.45. The van der Waals surface area contributed by atoms with Gasteiger partial charge in [0.25, 0.3) is 11.8 Å². The number of nitrogens with zero attached hydrogens (tertiary/aromatic N) is 3. The number of imidazole rings is 1. The Bertz CT molecular complexity index is 1180. The lowest BCUT2D eigenvalue weighted by atomic mass is 10.3. The van der Waals surface area contributed by atoms with Crippen molar-refractivity contribution in [2.45, 2.75) is 6.92 Å². The summed E-state index contributed by atoms with van der Waals surface area (Å²) in [6, 6.07) is 13.5. The van der Waals surface area contributed by atoms with Crippen LogP contribution in [0.4, 0.5) is 11.5 Å². The highest BCUT2D eigenvalue weighted by Crippen LogP contribution is 2.18. The van der Waals surface area contributed by atoms with Gasteiger partial charge in [-0.25, -0.2) is 4.98 Å². The molecule has 2 N–H and O–H groups in total. The summed E-state index contributed by atoms with van der Waals surface area (Å²) >= 11 is 5.86. The second-order valence-corrected chi connectivity index (χ2v) is 6.41. The summed E-state index contributed by atoms with van der Waals surface area (Å²) in [7, 11) is 0. The Morgan fingerprint density at radius 2 is 1.86 bits per heavy atom. The summed E-state index contributed by atoms with van der Waals surface area (Å²) in [5.41, 5.74) is 1.15. The molecule has 28 heavy (non-hydrogen) atoms. The van der Waals surface area contributed by atoms with Gasteiger partial charge < -0.3 is 15.2 Å². The van der Waals surface area contributed by atoms with E-state index < -0.39 is 11.8 Å². The molecule has 0 aliphatic rings. The Kier molecular flexibility index (Phi) is 4.54. The highest BCUT2D eigenvalue weighted by molar-refractivity contribution is 6.30. The van der Waals surface area contributed by atoms with Gasteiger partial charge in [0.2, 0.25) is 5.82 Å². The van der Waals surface area contributed by atoms with Crippen LogP contribution in [0.1, 0.15) is 26.9 Å². The molecule has 0 aliphatic heterocycles. The highest BCUT2D eigenvalue weighted by Gasteiger charge is 2.22. The quantitative estimate of drug-likeness (QED) is 0.547. The molecule has 0 fully saturated rings. The lowest BCUT2D eigenvalue weighted by Gasteiger charge is -2.04. The molecular weight excluding hydrogens is 382 g/mol. The predicted molar refractivity (Wildman–Crippen MR) is 104 cm³/mol. The first kappa shape index (κ1) is 17.7. The molecule has 2 amide bonds. The normalized spacial score (nSPS) is 10.8. The number of fused-ring (bicyclic) bond motifs is 1. The van der Waals surface area contributed by atoms with Crippen LogP contribution in [-0.2, 0) is 0 Å². The molecule has 0 saturated heterocycles. The number of carbonyl (C=O) groups excluding carboxylic acids is 2. The Labute approximate surface area is 164 Å². The molecule has 1 aromatic carbocycles. The molecule has 4 rings (SSSR count). The number of carbonyl (C=O) groups is 2. The van der Waals surface area contributed by atoms with E-state index in [4.69, 9.17) is 16.1 Å². The van der Waals surface area contributed by atoms with Gasteiger partial charge >= 0.3 is 0 Å². The highest BCUT2D eigenvalue weighted by atomic mass is 35.5. The minimum atomic E-state index is -0.498. The Hall–Kier alpha value is -3.65. The van der Waals surface area contributed by atoms with Crippen LogP contribution in [0.2, 0.25) is 5.02 Å². The SMILES string of the molecule is Cc1cc(NC(=O)c2nc(C(=O)Nc3ccc(Cl)cc3)n3ccccc23)no1. The number of halogens is 1. The minimum absolute atomic E-state index is 0.0760. The van der Waals surface area contributed by atoms with Crippen LogP contribution in [-0.4, -0.2) is 26.4 Å². The van der Waals surface area contributed by atoms with Crippen LogP contribution in [0.25, 0.3) is 5.52 Å². The zero-order valence-electron chi connectivity index (χ0n) is 14.6. The standard InChI is InChI=1S/C19H14ClN5O3/c1-11-10-15(24-28-11)22-18(26)16-14-4-2-3-9-25(14)17(23-16)19(27)21-13-7-5-12(20)6-8-13/h2-10H,1H3,(H,21,27)(H,22,24,26). The van der Waals surface area contributed by atoms with Crippen molar-refractivity contribution < 1.29 is 14.1 Å². The summed E-state index contributed by atoms with van der Waals surface area (Å²) in [5, 5.41) is 9.65. The van der Waals surface area contributed by atoms with Gasteiger partial charge in [0.1, 0.15) is 5.76 Å². The monoisotopic (exact) mass is 395 g/mol. The molecule has 0 bridgehead atoms. The first-order valence-electron chi connectivity index (χ1n) is 8.30. The Morgan fingerprint density at radius 3 is 2.57 bits per heavy atom. The summed E-state index contributed by atoms with van der Waals surface area (Å²) in [5.74, 6) is -0.0470. The summed E-state index contributed by atoms with van der Waals surface area (Å²) < 4.78 is 6.49. The summed E-state index contributed by atoms with van der Waals surface area (Å²) in [6.45, 7) is 1.72. The van der Waals surface area contributed by atoms with E-state index in [1.807, 2.05) is 0 Å². The van der Waals surface area contributed by atoms with Crippen LogP contribution >= 0.6 is 11.6 Å². The molecule has 140 valence electrons. The van der Waals surface area contributed by atoms with Crippen molar-refractivity contribution in [3.8, 4) is 0 Å². The zero-order valence-corrected chi connectivity index (χ0v) is 15.4. The summed E-state index contributed by atoms with van der Waals surface area (Å²) in [4.78, 5) is 29.6. The van der Waals surface area contributed by atoms with E-state index in [0.717, 1.165) is 0 Å². The fourth-order valence-electron chi connectivity index (χ4n) is 2.69. The molecule has 3 aromatic heterocycles. The molecule has 0 spiro atoms. The van der Waals surface area contributed by atoms with Crippen LogP contribution in [0.15, 0.2) is 59.3 Å². The fourth-order valence-corrected chi connectivity index (χ4v) is 2.81. The Morgan fingerprint density at radius 1 is 1.07 bits per heavy atom. The van der Waals surface area contributed by atoms with Gasteiger partial charge in [0.15, 0.2) is 11.5 Å². The maximum absolute atomic E-state index is 12.7. The molecule has 9 heteroatoms. The van der Waals surface area contributed by atoms with Crippen molar-refractivity contribution >= 4 is 40.4 Å². The molecule has 0 saturated carbocycles. The number of anilines is 2. The van der Waals surface area contributed by atoms with Gasteiger partial charge in [-0.2, -0.15) is 0 Å². The van der Waals surface area contributed by atoms with E-state index in [-0.39, 0.29) is 17.3 Å². The van der Waals surface area contributed by atoms with E-state index in [0.29, 0.717) is 22.0 Å². The number of aromatic nitrogens is 3.